The van der Waals surface area contributed by atoms with E-state index in [0.717, 1.165) is 6.42 Å². The average Bonchev–Trinajstić information content (AvgIpc) is 2.47. The van der Waals surface area contributed by atoms with Gasteiger partial charge in [0.2, 0.25) is 0 Å². The van der Waals surface area contributed by atoms with Crippen LogP contribution in [0, 0.1) is 5.92 Å². The molecule has 2 atom stereocenters. The number of ether oxygens (including phenoxy) is 1. The van der Waals surface area contributed by atoms with Crippen LogP contribution in [0.3, 0.4) is 0 Å². The lowest BCUT2D eigenvalue weighted by molar-refractivity contribution is -0.144. The second kappa shape index (κ2) is 8.05. The summed E-state index contributed by atoms with van der Waals surface area (Å²) in [6.45, 7) is 9.20. The Balaban J connectivity index is 2.65. The third-order valence-corrected chi connectivity index (χ3v) is 3.84. The maximum absolute atomic E-state index is 11.8. The fourth-order valence-electron chi connectivity index (χ4n) is 2.13. The van der Waals surface area contributed by atoms with E-state index in [4.69, 9.17) is 4.74 Å². The van der Waals surface area contributed by atoms with Crippen molar-refractivity contribution < 1.29 is 9.53 Å². The first-order valence-electron chi connectivity index (χ1n) is 7.39. The van der Waals surface area contributed by atoms with Gasteiger partial charge in [-0.1, -0.05) is 58.4 Å². The van der Waals surface area contributed by atoms with Crippen molar-refractivity contribution >= 4 is 5.97 Å². The second-order valence-corrected chi connectivity index (χ2v) is 5.66. The summed E-state index contributed by atoms with van der Waals surface area (Å²) in [6.07, 6.45) is 0.944. The first-order chi connectivity index (χ1) is 9.49. The van der Waals surface area contributed by atoms with Gasteiger partial charge in [0.1, 0.15) is 6.04 Å². The summed E-state index contributed by atoms with van der Waals surface area (Å²) in [5.41, 5.74) is 2.52. The van der Waals surface area contributed by atoms with Gasteiger partial charge in [0.25, 0.3) is 0 Å². The molecule has 0 spiro atoms. The van der Waals surface area contributed by atoms with Crippen LogP contribution in [0.4, 0.5) is 0 Å². The number of methoxy groups -OCH3 is 1. The monoisotopic (exact) mass is 277 g/mol. The fourth-order valence-corrected chi connectivity index (χ4v) is 2.13. The van der Waals surface area contributed by atoms with Crippen molar-refractivity contribution in [2.24, 2.45) is 5.92 Å². The fraction of sp³-hybridized carbons (Fsp3) is 0.588. The first kappa shape index (κ1) is 16.7. The molecule has 1 N–H and O–H groups in total. The zero-order valence-corrected chi connectivity index (χ0v) is 13.3. The topological polar surface area (TPSA) is 38.3 Å². The molecule has 1 aromatic rings. The highest BCUT2D eigenvalue weighted by Gasteiger charge is 2.23. The van der Waals surface area contributed by atoms with Crippen LogP contribution in [0.1, 0.15) is 51.2 Å². The van der Waals surface area contributed by atoms with E-state index in [1.165, 1.54) is 18.2 Å². The molecule has 0 saturated carbocycles. The highest BCUT2D eigenvalue weighted by atomic mass is 16.5. The number of carbonyl (C=O) groups excluding carboxylic acids is 1. The molecule has 2 unspecified atom stereocenters. The largest absolute Gasteiger partial charge is 0.468 e. The Morgan fingerprint density at radius 2 is 1.80 bits per heavy atom. The molecule has 0 aromatic heterocycles. The van der Waals surface area contributed by atoms with Crippen molar-refractivity contribution in [2.45, 2.75) is 52.6 Å². The molecule has 0 saturated heterocycles. The Kier molecular flexibility index (Phi) is 6.73. The molecule has 0 aliphatic heterocycles. The lowest BCUT2D eigenvalue weighted by Gasteiger charge is -2.22. The SMILES string of the molecule is CCC(C)C(NCc1ccc(C(C)C)cc1)C(=O)OC. The van der Waals surface area contributed by atoms with Gasteiger partial charge < -0.3 is 10.1 Å². The number of esters is 1. The third-order valence-electron chi connectivity index (χ3n) is 3.84. The van der Waals surface area contributed by atoms with Gasteiger partial charge in [-0.3, -0.25) is 4.79 Å². The van der Waals surface area contributed by atoms with Crippen LogP contribution < -0.4 is 5.32 Å². The Morgan fingerprint density at radius 3 is 2.25 bits per heavy atom. The van der Waals surface area contributed by atoms with Gasteiger partial charge in [0.05, 0.1) is 7.11 Å². The van der Waals surface area contributed by atoms with Crippen LogP contribution in [-0.2, 0) is 16.1 Å². The lowest BCUT2D eigenvalue weighted by atomic mass is 9.98. The summed E-state index contributed by atoms with van der Waals surface area (Å²) in [4.78, 5) is 11.8. The van der Waals surface area contributed by atoms with Crippen LogP contribution in [0.2, 0.25) is 0 Å². The van der Waals surface area contributed by atoms with Crippen LogP contribution in [0.15, 0.2) is 24.3 Å². The highest BCUT2D eigenvalue weighted by molar-refractivity contribution is 5.75. The van der Waals surface area contributed by atoms with Gasteiger partial charge in [-0.05, 0) is 23.0 Å². The van der Waals surface area contributed by atoms with E-state index in [9.17, 15) is 4.79 Å². The highest BCUT2D eigenvalue weighted by Crippen LogP contribution is 2.15. The van der Waals surface area contributed by atoms with E-state index < -0.39 is 0 Å². The van der Waals surface area contributed by atoms with Crippen LogP contribution >= 0.6 is 0 Å². The summed E-state index contributed by atoms with van der Waals surface area (Å²) < 4.78 is 4.87. The number of hydrogen-bond donors (Lipinski definition) is 1. The van der Waals surface area contributed by atoms with Gasteiger partial charge in [-0.2, -0.15) is 0 Å². The van der Waals surface area contributed by atoms with E-state index in [1.807, 2.05) is 0 Å². The minimum absolute atomic E-state index is 0.182. The van der Waals surface area contributed by atoms with Crippen molar-refractivity contribution in [3.8, 4) is 0 Å². The predicted octanol–water partition coefficient (Wildman–Crippen LogP) is 3.49. The molecular formula is C17H27NO2. The van der Waals surface area contributed by atoms with Crippen molar-refractivity contribution in [2.75, 3.05) is 7.11 Å². The minimum atomic E-state index is -0.241. The van der Waals surface area contributed by atoms with Gasteiger partial charge >= 0.3 is 5.97 Å². The van der Waals surface area contributed by atoms with Gasteiger partial charge in [0, 0.05) is 6.54 Å². The van der Waals surface area contributed by atoms with Gasteiger partial charge in [-0.25, -0.2) is 0 Å². The zero-order valence-electron chi connectivity index (χ0n) is 13.3. The number of benzene rings is 1. The van der Waals surface area contributed by atoms with Crippen LogP contribution in [0.5, 0.6) is 0 Å². The van der Waals surface area contributed by atoms with E-state index in [1.54, 1.807) is 0 Å². The smallest absolute Gasteiger partial charge is 0.323 e. The number of rotatable bonds is 7. The summed E-state index contributed by atoms with van der Waals surface area (Å²) in [6, 6.07) is 8.30. The van der Waals surface area contributed by atoms with Crippen LogP contribution in [-0.4, -0.2) is 19.1 Å². The first-order valence-corrected chi connectivity index (χ1v) is 7.39. The molecule has 0 aliphatic rings. The molecule has 0 bridgehead atoms. The van der Waals surface area contributed by atoms with Crippen LogP contribution in [0.25, 0.3) is 0 Å². The standard InChI is InChI=1S/C17H27NO2/c1-6-13(4)16(17(19)20-5)18-11-14-7-9-15(10-8-14)12(2)3/h7-10,12-13,16,18H,6,11H2,1-5H3. The molecule has 3 nitrogen and oxygen atoms in total. The summed E-state index contributed by atoms with van der Waals surface area (Å²) in [7, 11) is 1.44. The van der Waals surface area contributed by atoms with Crippen molar-refractivity contribution in [3.05, 3.63) is 35.4 Å². The summed E-state index contributed by atoms with van der Waals surface area (Å²) in [5.74, 6) is 0.621. The Hall–Kier alpha value is -1.35. The Morgan fingerprint density at radius 1 is 1.20 bits per heavy atom. The number of carbonyl (C=O) groups is 1. The molecule has 0 aliphatic carbocycles. The molecule has 20 heavy (non-hydrogen) atoms. The van der Waals surface area contributed by atoms with E-state index in [0.29, 0.717) is 12.5 Å². The minimum Gasteiger partial charge on any atom is -0.468 e. The molecule has 3 heteroatoms. The molecule has 1 aromatic carbocycles. The maximum Gasteiger partial charge on any atom is 0.323 e. The average molecular weight is 277 g/mol. The molecule has 0 amide bonds. The second-order valence-electron chi connectivity index (χ2n) is 5.66. The van der Waals surface area contributed by atoms with Crippen molar-refractivity contribution in [1.29, 1.82) is 0 Å². The normalized spacial score (nSPS) is 14.1. The quantitative estimate of drug-likeness (QED) is 0.775. The van der Waals surface area contributed by atoms with Gasteiger partial charge in [0.15, 0.2) is 0 Å². The Labute approximate surface area is 122 Å². The molecule has 112 valence electrons. The zero-order chi connectivity index (χ0) is 15.1. The summed E-state index contributed by atoms with van der Waals surface area (Å²) in [5, 5.41) is 3.31. The van der Waals surface area contributed by atoms with Crippen molar-refractivity contribution in [3.63, 3.8) is 0 Å². The maximum atomic E-state index is 11.8. The number of nitrogens with one attached hydrogen (secondary N) is 1. The van der Waals surface area contributed by atoms with E-state index >= 15 is 0 Å². The van der Waals surface area contributed by atoms with Crippen molar-refractivity contribution in [1.82, 2.24) is 5.32 Å². The molecular weight excluding hydrogens is 250 g/mol. The number of hydrogen-bond acceptors (Lipinski definition) is 3. The molecule has 0 radical (unpaired) electrons. The summed E-state index contributed by atoms with van der Waals surface area (Å²) >= 11 is 0. The Bertz CT molecular complexity index is 412. The van der Waals surface area contributed by atoms with Gasteiger partial charge in [-0.15, -0.1) is 0 Å². The predicted molar refractivity (Wildman–Crippen MR) is 82.6 cm³/mol. The molecule has 1 rings (SSSR count). The van der Waals surface area contributed by atoms with E-state index in [2.05, 4.69) is 57.3 Å². The molecule has 0 fully saturated rings. The lowest BCUT2D eigenvalue weighted by Crippen LogP contribution is -2.42. The molecule has 0 heterocycles. The van der Waals surface area contributed by atoms with E-state index in [-0.39, 0.29) is 17.9 Å². The third kappa shape index (κ3) is 4.64.